The van der Waals surface area contributed by atoms with E-state index in [0.717, 1.165) is 4.57 Å². The van der Waals surface area contributed by atoms with E-state index in [0.29, 0.717) is 18.7 Å². The molecule has 0 aromatic carbocycles. The van der Waals surface area contributed by atoms with E-state index in [1.165, 1.54) is 22.7 Å². The maximum Gasteiger partial charge on any atom is 0.330 e. The number of carbonyl (C=O) groups excluding carboxylic acids is 1. The number of aromatic nitrogens is 2. The van der Waals surface area contributed by atoms with Crippen molar-refractivity contribution in [2.75, 3.05) is 26.8 Å². The minimum atomic E-state index is -0.407. The fraction of sp³-hybridized carbons (Fsp3) is 0.583. The second kappa shape index (κ2) is 7.01. The van der Waals surface area contributed by atoms with E-state index >= 15 is 0 Å². The van der Waals surface area contributed by atoms with E-state index < -0.39 is 11.2 Å². The molecule has 0 unspecified atom stereocenters. The number of ether oxygens (including phenoxy) is 1. The number of aryl methyl sites for hydroxylation is 1. The topological polar surface area (TPSA) is 99.6 Å². The Balaban J connectivity index is 2.81. The Morgan fingerprint density at radius 1 is 1.40 bits per heavy atom. The summed E-state index contributed by atoms with van der Waals surface area (Å²) in [6.07, 6.45) is 1.44. The van der Waals surface area contributed by atoms with Crippen LogP contribution in [0, 0.1) is 0 Å². The van der Waals surface area contributed by atoms with Crippen LogP contribution in [-0.4, -0.2) is 46.7 Å². The van der Waals surface area contributed by atoms with Crippen LogP contribution in [0.15, 0.2) is 15.8 Å². The predicted molar refractivity (Wildman–Crippen MR) is 73.3 cm³/mol. The van der Waals surface area contributed by atoms with Gasteiger partial charge in [-0.3, -0.25) is 14.2 Å². The van der Waals surface area contributed by atoms with Gasteiger partial charge in [0.25, 0.3) is 5.56 Å². The third-order valence-corrected chi connectivity index (χ3v) is 2.84. The number of rotatable bonds is 6. The van der Waals surface area contributed by atoms with Gasteiger partial charge in [0.15, 0.2) is 0 Å². The molecule has 0 aliphatic heterocycles. The van der Waals surface area contributed by atoms with Crippen molar-refractivity contribution in [2.24, 2.45) is 19.8 Å². The Morgan fingerprint density at radius 2 is 2.05 bits per heavy atom. The lowest BCUT2D eigenvalue weighted by Gasteiger charge is -2.17. The van der Waals surface area contributed by atoms with Crippen LogP contribution in [0.5, 0.6) is 0 Å². The van der Waals surface area contributed by atoms with Crippen molar-refractivity contribution in [1.82, 2.24) is 14.0 Å². The zero-order valence-electron chi connectivity index (χ0n) is 12.0. The minimum absolute atomic E-state index is 0.0836. The van der Waals surface area contributed by atoms with Crippen molar-refractivity contribution in [1.29, 1.82) is 0 Å². The number of carbonyl (C=O) groups is 1. The Labute approximate surface area is 116 Å². The molecule has 0 radical (unpaired) electrons. The van der Waals surface area contributed by atoms with Crippen LogP contribution in [0.3, 0.4) is 0 Å². The van der Waals surface area contributed by atoms with Gasteiger partial charge in [-0.2, -0.15) is 0 Å². The summed E-state index contributed by atoms with van der Waals surface area (Å²) in [5, 5.41) is 0. The summed E-state index contributed by atoms with van der Waals surface area (Å²) in [4.78, 5) is 36.6. The third-order valence-electron chi connectivity index (χ3n) is 2.84. The first-order valence-electron chi connectivity index (χ1n) is 6.15. The van der Waals surface area contributed by atoms with Crippen LogP contribution in [0.2, 0.25) is 0 Å². The molecule has 1 aromatic heterocycles. The van der Waals surface area contributed by atoms with E-state index in [1.54, 1.807) is 14.1 Å². The molecule has 0 atom stereocenters. The van der Waals surface area contributed by atoms with Gasteiger partial charge < -0.3 is 19.9 Å². The first-order valence-corrected chi connectivity index (χ1v) is 6.15. The number of amides is 1. The number of hydrogen-bond acceptors (Lipinski definition) is 5. The fourth-order valence-corrected chi connectivity index (χ4v) is 1.69. The van der Waals surface area contributed by atoms with Crippen molar-refractivity contribution in [2.45, 2.75) is 6.54 Å². The third kappa shape index (κ3) is 3.78. The molecule has 8 nitrogen and oxygen atoms in total. The summed E-state index contributed by atoms with van der Waals surface area (Å²) in [6, 6.07) is 0. The molecule has 20 heavy (non-hydrogen) atoms. The van der Waals surface area contributed by atoms with Crippen molar-refractivity contribution >= 4 is 5.91 Å². The zero-order chi connectivity index (χ0) is 15.3. The van der Waals surface area contributed by atoms with Crippen molar-refractivity contribution < 1.29 is 9.53 Å². The maximum absolute atomic E-state index is 11.9. The first-order chi connectivity index (χ1) is 9.38. The molecule has 0 bridgehead atoms. The number of nitrogens with two attached hydrogens (primary N) is 1. The highest BCUT2D eigenvalue weighted by molar-refractivity contribution is 5.77. The standard InChI is InChI=1S/C12H20N4O4/c1-14(10(17)8-20-5-4-13)6-9-7-15(2)12(19)16(3)11(9)18/h7H,4-6,8,13H2,1-3H3. The Morgan fingerprint density at radius 3 is 2.65 bits per heavy atom. The Bertz CT molecular complexity index is 590. The summed E-state index contributed by atoms with van der Waals surface area (Å²) in [6.45, 7) is 0.685. The van der Waals surface area contributed by atoms with E-state index in [2.05, 4.69) is 0 Å². The molecule has 0 saturated carbocycles. The molecule has 0 fully saturated rings. The van der Waals surface area contributed by atoms with Crippen molar-refractivity contribution in [3.63, 3.8) is 0 Å². The van der Waals surface area contributed by atoms with Crippen LogP contribution in [0.4, 0.5) is 0 Å². The number of nitrogens with zero attached hydrogens (tertiary/aromatic N) is 3. The molecule has 2 N–H and O–H groups in total. The normalized spacial score (nSPS) is 10.6. The highest BCUT2D eigenvalue weighted by Crippen LogP contribution is 1.96. The second-order valence-electron chi connectivity index (χ2n) is 4.50. The van der Waals surface area contributed by atoms with Gasteiger partial charge in [0.1, 0.15) is 6.61 Å². The average molecular weight is 284 g/mol. The molecular formula is C12H20N4O4. The second-order valence-corrected chi connectivity index (χ2v) is 4.50. The van der Waals surface area contributed by atoms with Crippen LogP contribution >= 0.6 is 0 Å². The Kier molecular flexibility index (Phi) is 5.66. The van der Waals surface area contributed by atoms with E-state index in [-0.39, 0.29) is 19.1 Å². The highest BCUT2D eigenvalue weighted by atomic mass is 16.5. The van der Waals surface area contributed by atoms with Gasteiger partial charge in [0, 0.05) is 33.9 Å². The monoisotopic (exact) mass is 284 g/mol. The van der Waals surface area contributed by atoms with Crippen molar-refractivity contribution in [3.8, 4) is 0 Å². The van der Waals surface area contributed by atoms with Gasteiger partial charge in [-0.05, 0) is 0 Å². The van der Waals surface area contributed by atoms with Gasteiger partial charge in [-0.1, -0.05) is 0 Å². The first kappa shape index (κ1) is 16.1. The fourth-order valence-electron chi connectivity index (χ4n) is 1.69. The molecule has 1 heterocycles. The van der Waals surface area contributed by atoms with Gasteiger partial charge in [-0.25, -0.2) is 4.79 Å². The molecule has 1 rings (SSSR count). The average Bonchev–Trinajstić information content (AvgIpc) is 2.42. The zero-order valence-corrected chi connectivity index (χ0v) is 12.0. The lowest BCUT2D eigenvalue weighted by molar-refractivity contribution is -0.135. The lowest BCUT2D eigenvalue weighted by Crippen LogP contribution is -2.40. The largest absolute Gasteiger partial charge is 0.370 e. The summed E-state index contributed by atoms with van der Waals surface area (Å²) in [5.41, 5.74) is 4.81. The molecule has 0 aliphatic carbocycles. The molecule has 0 spiro atoms. The van der Waals surface area contributed by atoms with Crippen LogP contribution < -0.4 is 17.0 Å². The molecule has 0 saturated heterocycles. The quantitative estimate of drug-likeness (QED) is 0.610. The van der Waals surface area contributed by atoms with E-state index in [4.69, 9.17) is 10.5 Å². The molecule has 112 valence electrons. The van der Waals surface area contributed by atoms with Crippen LogP contribution in [0.25, 0.3) is 0 Å². The minimum Gasteiger partial charge on any atom is -0.370 e. The van der Waals surface area contributed by atoms with Crippen molar-refractivity contribution in [3.05, 3.63) is 32.6 Å². The highest BCUT2D eigenvalue weighted by Gasteiger charge is 2.13. The molecule has 0 aliphatic rings. The number of hydrogen-bond donors (Lipinski definition) is 1. The molecule has 1 aromatic rings. The Hall–Kier alpha value is -1.93. The van der Waals surface area contributed by atoms with Gasteiger partial charge in [-0.15, -0.1) is 0 Å². The summed E-state index contributed by atoms with van der Waals surface area (Å²) < 4.78 is 7.36. The summed E-state index contributed by atoms with van der Waals surface area (Å²) in [7, 11) is 4.52. The van der Waals surface area contributed by atoms with Crippen LogP contribution in [0.1, 0.15) is 5.56 Å². The SMILES string of the molecule is CN(Cc1cn(C)c(=O)n(C)c1=O)C(=O)COCCN. The molecular weight excluding hydrogens is 264 g/mol. The van der Waals surface area contributed by atoms with Gasteiger partial charge in [0.05, 0.1) is 18.7 Å². The molecule has 8 heteroatoms. The van der Waals surface area contributed by atoms with Gasteiger partial charge in [0.2, 0.25) is 5.91 Å². The smallest absolute Gasteiger partial charge is 0.330 e. The summed E-state index contributed by atoms with van der Waals surface area (Å²) >= 11 is 0. The number of likely N-dealkylation sites (N-methyl/N-ethyl adjacent to an activating group) is 1. The summed E-state index contributed by atoms with van der Waals surface area (Å²) in [5.74, 6) is -0.255. The van der Waals surface area contributed by atoms with E-state index in [9.17, 15) is 14.4 Å². The van der Waals surface area contributed by atoms with E-state index in [1.807, 2.05) is 0 Å². The van der Waals surface area contributed by atoms with Crippen LogP contribution in [-0.2, 0) is 30.2 Å². The molecule has 1 amide bonds. The lowest BCUT2D eigenvalue weighted by atomic mass is 10.3. The maximum atomic E-state index is 11.9. The predicted octanol–water partition coefficient (Wildman–Crippen LogP) is -1.98. The van der Waals surface area contributed by atoms with Gasteiger partial charge >= 0.3 is 5.69 Å².